The van der Waals surface area contributed by atoms with Crippen molar-refractivity contribution < 1.29 is 0 Å². The number of aryl methyl sites for hydroxylation is 1. The van der Waals surface area contributed by atoms with Crippen LogP contribution in [0.2, 0.25) is 5.02 Å². The van der Waals surface area contributed by atoms with Gasteiger partial charge in [-0.2, -0.15) is 0 Å². The molecule has 0 spiro atoms. The van der Waals surface area contributed by atoms with Crippen molar-refractivity contribution in [1.82, 2.24) is 4.57 Å². The molecule has 0 unspecified atom stereocenters. The van der Waals surface area contributed by atoms with Gasteiger partial charge in [-0.05, 0) is 31.2 Å². The third kappa shape index (κ3) is 1.41. The molecule has 0 aliphatic carbocycles. The van der Waals surface area contributed by atoms with Crippen molar-refractivity contribution in [3.63, 3.8) is 0 Å². The van der Waals surface area contributed by atoms with Crippen LogP contribution in [0.4, 0.5) is 0 Å². The van der Waals surface area contributed by atoms with Crippen LogP contribution in [0.25, 0.3) is 10.9 Å². The van der Waals surface area contributed by atoms with Gasteiger partial charge < -0.3 is 10.3 Å². The van der Waals surface area contributed by atoms with Crippen LogP contribution >= 0.6 is 11.6 Å². The van der Waals surface area contributed by atoms with Crippen molar-refractivity contribution >= 4 is 22.5 Å². The number of aromatic nitrogens is 1. The highest BCUT2D eigenvalue weighted by Crippen LogP contribution is 2.23. The lowest BCUT2D eigenvalue weighted by molar-refractivity contribution is 0.739. The lowest BCUT2D eigenvalue weighted by Gasteiger charge is -2.05. The fourth-order valence-corrected chi connectivity index (χ4v) is 2.02. The molecule has 0 aliphatic heterocycles. The van der Waals surface area contributed by atoms with E-state index in [1.54, 1.807) is 0 Å². The van der Waals surface area contributed by atoms with Gasteiger partial charge in [-0.1, -0.05) is 11.6 Å². The normalized spacial score (nSPS) is 11.1. The van der Waals surface area contributed by atoms with Gasteiger partial charge in [-0.25, -0.2) is 0 Å². The molecule has 0 bridgehead atoms. The Kier molecular flexibility index (Phi) is 2.48. The van der Waals surface area contributed by atoms with Crippen LogP contribution in [0.1, 0.15) is 12.6 Å². The predicted octanol–water partition coefficient (Wildman–Crippen LogP) is 2.77. The molecule has 1 aromatic carbocycles. The molecule has 1 heterocycles. The zero-order valence-corrected chi connectivity index (χ0v) is 8.88. The van der Waals surface area contributed by atoms with Gasteiger partial charge in [0.05, 0.1) is 0 Å². The van der Waals surface area contributed by atoms with Gasteiger partial charge in [0.2, 0.25) is 0 Å². The number of rotatable bonds is 2. The smallest absolute Gasteiger partial charge is 0.0483 e. The second-order valence-electron chi connectivity index (χ2n) is 3.29. The number of hydrogen-bond acceptors (Lipinski definition) is 1. The Morgan fingerprint density at radius 2 is 2.14 bits per heavy atom. The van der Waals surface area contributed by atoms with Crippen molar-refractivity contribution in [3.05, 3.63) is 35.0 Å². The second-order valence-corrected chi connectivity index (χ2v) is 3.72. The second kappa shape index (κ2) is 3.64. The van der Waals surface area contributed by atoms with E-state index >= 15 is 0 Å². The molecule has 0 amide bonds. The first-order chi connectivity index (χ1) is 6.76. The van der Waals surface area contributed by atoms with Gasteiger partial charge in [-0.15, -0.1) is 0 Å². The maximum Gasteiger partial charge on any atom is 0.0483 e. The fourth-order valence-electron chi connectivity index (χ4n) is 1.84. The predicted molar refractivity (Wildman–Crippen MR) is 60.5 cm³/mol. The van der Waals surface area contributed by atoms with Crippen LogP contribution in [-0.4, -0.2) is 4.57 Å². The zero-order chi connectivity index (χ0) is 10.1. The number of fused-ring (bicyclic) bond motifs is 1. The van der Waals surface area contributed by atoms with E-state index in [4.69, 9.17) is 17.3 Å². The van der Waals surface area contributed by atoms with Crippen LogP contribution < -0.4 is 5.73 Å². The Balaban J connectivity index is 2.73. The first-order valence-corrected chi connectivity index (χ1v) is 5.11. The van der Waals surface area contributed by atoms with E-state index in [2.05, 4.69) is 17.6 Å². The van der Waals surface area contributed by atoms with Crippen LogP contribution in [0, 0.1) is 0 Å². The maximum atomic E-state index is 5.93. The zero-order valence-electron chi connectivity index (χ0n) is 8.13. The summed E-state index contributed by atoms with van der Waals surface area (Å²) in [5.41, 5.74) is 8.04. The van der Waals surface area contributed by atoms with Crippen molar-refractivity contribution in [2.75, 3.05) is 0 Å². The van der Waals surface area contributed by atoms with Gasteiger partial charge >= 0.3 is 0 Å². The Hall–Kier alpha value is -0.990. The van der Waals surface area contributed by atoms with E-state index in [-0.39, 0.29) is 0 Å². The SMILES string of the molecule is CCn1c(CN)cc2cc(Cl)ccc21. The summed E-state index contributed by atoms with van der Waals surface area (Å²) in [6.45, 7) is 3.63. The number of nitrogens with two attached hydrogens (primary N) is 1. The van der Waals surface area contributed by atoms with E-state index in [0.29, 0.717) is 6.54 Å². The molecule has 2 nitrogen and oxygen atoms in total. The Labute approximate surface area is 88.3 Å². The van der Waals surface area contributed by atoms with E-state index in [1.165, 1.54) is 10.9 Å². The van der Waals surface area contributed by atoms with Gasteiger partial charge in [0, 0.05) is 34.7 Å². The molecule has 0 radical (unpaired) electrons. The molecule has 0 saturated heterocycles. The molecule has 0 atom stereocenters. The molecule has 3 heteroatoms. The number of halogens is 1. The average Bonchev–Trinajstić information content (AvgIpc) is 2.54. The molecular weight excluding hydrogens is 196 g/mol. The van der Waals surface area contributed by atoms with Crippen LogP contribution in [-0.2, 0) is 13.1 Å². The van der Waals surface area contributed by atoms with Gasteiger partial charge in [0.15, 0.2) is 0 Å². The minimum atomic E-state index is 0.570. The Bertz CT molecular complexity index is 460. The Morgan fingerprint density at radius 3 is 2.79 bits per heavy atom. The van der Waals surface area contributed by atoms with Gasteiger partial charge in [-0.3, -0.25) is 0 Å². The molecule has 1 aromatic heterocycles. The summed E-state index contributed by atoms with van der Waals surface area (Å²) >= 11 is 5.93. The van der Waals surface area contributed by atoms with Gasteiger partial charge in [0.25, 0.3) is 0 Å². The molecule has 2 rings (SSSR count). The molecule has 14 heavy (non-hydrogen) atoms. The van der Waals surface area contributed by atoms with Crippen molar-refractivity contribution in [3.8, 4) is 0 Å². The lowest BCUT2D eigenvalue weighted by atomic mass is 10.2. The third-order valence-corrected chi connectivity index (χ3v) is 2.71. The summed E-state index contributed by atoms with van der Waals surface area (Å²) in [5, 5.41) is 1.94. The van der Waals surface area contributed by atoms with Crippen molar-refractivity contribution in [1.29, 1.82) is 0 Å². The minimum absolute atomic E-state index is 0.570. The van der Waals surface area contributed by atoms with Gasteiger partial charge in [0.1, 0.15) is 0 Å². The summed E-state index contributed by atoms with van der Waals surface area (Å²) in [6.07, 6.45) is 0. The summed E-state index contributed by atoms with van der Waals surface area (Å²) in [7, 11) is 0. The largest absolute Gasteiger partial charge is 0.344 e. The maximum absolute atomic E-state index is 5.93. The monoisotopic (exact) mass is 208 g/mol. The van der Waals surface area contributed by atoms with Crippen molar-refractivity contribution in [2.45, 2.75) is 20.0 Å². The fraction of sp³-hybridized carbons (Fsp3) is 0.273. The van der Waals surface area contributed by atoms with E-state index in [1.807, 2.05) is 18.2 Å². The topological polar surface area (TPSA) is 30.9 Å². The molecule has 2 N–H and O–H groups in total. The first-order valence-electron chi connectivity index (χ1n) is 4.74. The average molecular weight is 209 g/mol. The quantitative estimate of drug-likeness (QED) is 0.809. The highest BCUT2D eigenvalue weighted by Gasteiger charge is 2.05. The third-order valence-electron chi connectivity index (χ3n) is 2.47. The number of nitrogens with zero attached hydrogens (tertiary/aromatic N) is 1. The first kappa shape index (κ1) is 9.56. The molecule has 74 valence electrons. The standard InChI is InChI=1S/C11H13ClN2/c1-2-14-10(7-13)6-8-5-9(12)3-4-11(8)14/h3-6H,2,7,13H2,1H3. The Morgan fingerprint density at radius 1 is 1.36 bits per heavy atom. The van der Waals surface area contributed by atoms with Crippen LogP contribution in [0.5, 0.6) is 0 Å². The molecular formula is C11H13ClN2. The summed E-state index contributed by atoms with van der Waals surface area (Å²) in [5.74, 6) is 0. The van der Waals surface area contributed by atoms with Crippen LogP contribution in [0.15, 0.2) is 24.3 Å². The lowest BCUT2D eigenvalue weighted by Crippen LogP contribution is -2.05. The minimum Gasteiger partial charge on any atom is -0.344 e. The molecule has 0 aliphatic rings. The molecule has 0 saturated carbocycles. The highest BCUT2D eigenvalue weighted by atomic mass is 35.5. The summed E-state index contributed by atoms with van der Waals surface area (Å²) in [4.78, 5) is 0. The van der Waals surface area contributed by atoms with E-state index in [0.717, 1.165) is 17.3 Å². The number of benzene rings is 1. The molecule has 0 fully saturated rings. The molecule has 2 aromatic rings. The van der Waals surface area contributed by atoms with Crippen LogP contribution in [0.3, 0.4) is 0 Å². The number of hydrogen-bond donors (Lipinski definition) is 1. The van der Waals surface area contributed by atoms with E-state index < -0.39 is 0 Å². The van der Waals surface area contributed by atoms with E-state index in [9.17, 15) is 0 Å². The highest BCUT2D eigenvalue weighted by molar-refractivity contribution is 6.31. The summed E-state index contributed by atoms with van der Waals surface area (Å²) in [6, 6.07) is 8.03. The van der Waals surface area contributed by atoms with Crippen molar-refractivity contribution in [2.24, 2.45) is 5.73 Å². The summed E-state index contributed by atoms with van der Waals surface area (Å²) < 4.78 is 2.21.